The molecule has 6 heteroatoms. The molecule has 15 heavy (non-hydrogen) atoms. The average Bonchev–Trinajstić information content (AvgIpc) is 2.61. The number of likely N-dealkylation sites (tertiary alicyclic amines) is 1. The van der Waals surface area contributed by atoms with Gasteiger partial charge in [0.15, 0.2) is 0 Å². The van der Waals surface area contributed by atoms with E-state index in [1.54, 1.807) is 7.11 Å². The molecule has 0 aromatic rings. The smallest absolute Gasteiger partial charge is 0.408 e. The first kappa shape index (κ1) is 11.8. The SMILES string of the molecule is COCC1CC(C(=O)OC)N(C(=O)O)C1. The van der Waals surface area contributed by atoms with Gasteiger partial charge in [0, 0.05) is 19.6 Å². The number of carbonyl (C=O) groups is 2. The number of ether oxygens (including phenoxy) is 2. The summed E-state index contributed by atoms with van der Waals surface area (Å²) in [5.74, 6) is -0.439. The molecule has 1 heterocycles. The zero-order valence-corrected chi connectivity index (χ0v) is 8.80. The van der Waals surface area contributed by atoms with Crippen LogP contribution in [0, 0.1) is 5.92 Å². The van der Waals surface area contributed by atoms with Crippen molar-refractivity contribution < 1.29 is 24.2 Å². The Hall–Kier alpha value is -1.30. The van der Waals surface area contributed by atoms with Crippen LogP contribution in [0.1, 0.15) is 6.42 Å². The van der Waals surface area contributed by atoms with Crippen molar-refractivity contribution in [3.05, 3.63) is 0 Å². The Balaban J connectivity index is 2.67. The highest BCUT2D eigenvalue weighted by Gasteiger charge is 2.40. The van der Waals surface area contributed by atoms with Gasteiger partial charge >= 0.3 is 12.1 Å². The Morgan fingerprint density at radius 3 is 2.60 bits per heavy atom. The first-order chi connectivity index (χ1) is 7.10. The molecule has 0 spiro atoms. The number of nitrogens with zero attached hydrogens (tertiary/aromatic N) is 1. The van der Waals surface area contributed by atoms with E-state index in [1.807, 2.05) is 0 Å². The minimum Gasteiger partial charge on any atom is -0.467 e. The van der Waals surface area contributed by atoms with Gasteiger partial charge in [-0.15, -0.1) is 0 Å². The largest absolute Gasteiger partial charge is 0.467 e. The summed E-state index contributed by atoms with van der Waals surface area (Å²) in [5, 5.41) is 8.89. The lowest BCUT2D eigenvalue weighted by molar-refractivity contribution is -0.145. The van der Waals surface area contributed by atoms with Gasteiger partial charge in [0.05, 0.1) is 13.7 Å². The maximum Gasteiger partial charge on any atom is 0.408 e. The lowest BCUT2D eigenvalue weighted by Crippen LogP contribution is -2.40. The first-order valence-electron chi connectivity index (χ1n) is 4.66. The minimum absolute atomic E-state index is 0.0650. The summed E-state index contributed by atoms with van der Waals surface area (Å²) in [4.78, 5) is 23.3. The van der Waals surface area contributed by atoms with Crippen LogP contribution in [-0.4, -0.2) is 55.5 Å². The molecule has 0 aromatic carbocycles. The molecule has 1 fully saturated rings. The fourth-order valence-electron chi connectivity index (χ4n) is 1.85. The summed E-state index contributed by atoms with van der Waals surface area (Å²) in [7, 11) is 2.81. The van der Waals surface area contributed by atoms with Gasteiger partial charge in [-0.05, 0) is 6.42 Å². The van der Waals surface area contributed by atoms with Crippen molar-refractivity contribution in [2.24, 2.45) is 5.92 Å². The van der Waals surface area contributed by atoms with Crippen molar-refractivity contribution in [3.8, 4) is 0 Å². The number of amides is 1. The molecule has 0 saturated carbocycles. The average molecular weight is 217 g/mol. The molecule has 86 valence electrons. The van der Waals surface area contributed by atoms with E-state index in [9.17, 15) is 9.59 Å². The van der Waals surface area contributed by atoms with Crippen molar-refractivity contribution in [2.45, 2.75) is 12.5 Å². The van der Waals surface area contributed by atoms with E-state index in [0.717, 1.165) is 4.90 Å². The van der Waals surface area contributed by atoms with E-state index in [2.05, 4.69) is 4.74 Å². The Morgan fingerprint density at radius 2 is 2.13 bits per heavy atom. The van der Waals surface area contributed by atoms with E-state index in [4.69, 9.17) is 9.84 Å². The zero-order valence-electron chi connectivity index (χ0n) is 8.80. The highest BCUT2D eigenvalue weighted by Crippen LogP contribution is 2.24. The van der Waals surface area contributed by atoms with E-state index in [1.165, 1.54) is 7.11 Å². The zero-order chi connectivity index (χ0) is 11.4. The van der Waals surface area contributed by atoms with Gasteiger partial charge in [-0.25, -0.2) is 9.59 Å². The second-order valence-corrected chi connectivity index (χ2v) is 3.53. The van der Waals surface area contributed by atoms with Gasteiger partial charge in [0.1, 0.15) is 6.04 Å². The van der Waals surface area contributed by atoms with Crippen LogP contribution in [-0.2, 0) is 14.3 Å². The van der Waals surface area contributed by atoms with Gasteiger partial charge in [-0.1, -0.05) is 0 Å². The molecule has 1 N–H and O–H groups in total. The Kier molecular flexibility index (Phi) is 3.90. The van der Waals surface area contributed by atoms with Crippen LogP contribution in [0.4, 0.5) is 4.79 Å². The summed E-state index contributed by atoms with van der Waals surface area (Å²) in [6, 6.07) is -0.687. The third-order valence-electron chi connectivity index (χ3n) is 2.51. The lowest BCUT2D eigenvalue weighted by atomic mass is 10.1. The van der Waals surface area contributed by atoms with Crippen LogP contribution in [0.5, 0.6) is 0 Å². The highest BCUT2D eigenvalue weighted by atomic mass is 16.5. The van der Waals surface area contributed by atoms with Crippen LogP contribution in [0.3, 0.4) is 0 Å². The van der Waals surface area contributed by atoms with E-state index in [-0.39, 0.29) is 5.92 Å². The minimum atomic E-state index is -1.09. The van der Waals surface area contributed by atoms with Gasteiger partial charge < -0.3 is 14.6 Å². The van der Waals surface area contributed by atoms with Crippen molar-refractivity contribution in [3.63, 3.8) is 0 Å². The number of esters is 1. The molecular formula is C9H15NO5. The predicted octanol–water partition coefficient (Wildman–Crippen LogP) is 0.174. The molecule has 0 radical (unpaired) electrons. The van der Waals surface area contributed by atoms with E-state index < -0.39 is 18.1 Å². The topological polar surface area (TPSA) is 76.1 Å². The summed E-state index contributed by atoms with van der Waals surface area (Å²) in [6.07, 6.45) is -0.628. The predicted molar refractivity (Wildman–Crippen MR) is 50.5 cm³/mol. The van der Waals surface area contributed by atoms with E-state index in [0.29, 0.717) is 19.6 Å². The van der Waals surface area contributed by atoms with Crippen molar-refractivity contribution in [2.75, 3.05) is 27.4 Å². The molecule has 0 bridgehead atoms. The Labute approximate surface area is 87.8 Å². The third-order valence-corrected chi connectivity index (χ3v) is 2.51. The molecule has 0 aromatic heterocycles. The first-order valence-corrected chi connectivity index (χ1v) is 4.66. The molecule has 2 atom stereocenters. The molecule has 1 rings (SSSR count). The number of carboxylic acid groups (broad SMARTS) is 1. The van der Waals surface area contributed by atoms with Gasteiger partial charge in [0.25, 0.3) is 0 Å². The second-order valence-electron chi connectivity index (χ2n) is 3.53. The fraction of sp³-hybridized carbons (Fsp3) is 0.778. The molecule has 0 aliphatic carbocycles. The van der Waals surface area contributed by atoms with Crippen LogP contribution in [0.25, 0.3) is 0 Å². The quantitative estimate of drug-likeness (QED) is 0.682. The maximum absolute atomic E-state index is 11.3. The number of carbonyl (C=O) groups excluding carboxylic acids is 1. The fourth-order valence-corrected chi connectivity index (χ4v) is 1.85. The molecule has 1 aliphatic heterocycles. The summed E-state index contributed by atoms with van der Waals surface area (Å²) in [5.41, 5.74) is 0. The van der Waals surface area contributed by atoms with E-state index >= 15 is 0 Å². The second kappa shape index (κ2) is 4.97. The standard InChI is InChI=1S/C9H15NO5/c1-14-5-6-3-7(8(11)15-2)10(4-6)9(12)13/h6-7H,3-5H2,1-2H3,(H,12,13). The van der Waals surface area contributed by atoms with Crippen molar-refractivity contribution in [1.29, 1.82) is 0 Å². The summed E-state index contributed by atoms with van der Waals surface area (Å²) < 4.78 is 9.50. The lowest BCUT2D eigenvalue weighted by Gasteiger charge is -2.18. The monoisotopic (exact) mass is 217 g/mol. The Bertz CT molecular complexity index is 255. The molecule has 1 saturated heterocycles. The normalized spacial score (nSPS) is 25.3. The van der Waals surface area contributed by atoms with Crippen molar-refractivity contribution in [1.82, 2.24) is 4.90 Å². The van der Waals surface area contributed by atoms with Gasteiger partial charge in [0.2, 0.25) is 0 Å². The van der Waals surface area contributed by atoms with Crippen LogP contribution >= 0.6 is 0 Å². The number of hydrogen-bond donors (Lipinski definition) is 1. The molecule has 1 aliphatic rings. The molecule has 2 unspecified atom stereocenters. The van der Waals surface area contributed by atoms with Crippen LogP contribution in [0.15, 0.2) is 0 Å². The van der Waals surface area contributed by atoms with Crippen LogP contribution in [0.2, 0.25) is 0 Å². The van der Waals surface area contributed by atoms with Gasteiger partial charge in [-0.2, -0.15) is 0 Å². The molecule has 1 amide bonds. The summed E-state index contributed by atoms with van der Waals surface area (Å²) in [6.45, 7) is 0.778. The Morgan fingerprint density at radius 1 is 1.47 bits per heavy atom. The number of methoxy groups -OCH3 is 2. The van der Waals surface area contributed by atoms with Gasteiger partial charge in [-0.3, -0.25) is 4.90 Å². The summed E-state index contributed by atoms with van der Waals surface area (Å²) >= 11 is 0. The molecular weight excluding hydrogens is 202 g/mol. The van der Waals surface area contributed by atoms with Crippen LogP contribution < -0.4 is 0 Å². The number of hydrogen-bond acceptors (Lipinski definition) is 4. The maximum atomic E-state index is 11.3. The van der Waals surface area contributed by atoms with Crippen molar-refractivity contribution >= 4 is 12.1 Å². The molecule has 6 nitrogen and oxygen atoms in total. The third kappa shape index (κ3) is 2.59. The highest BCUT2D eigenvalue weighted by molar-refractivity contribution is 5.81. The number of rotatable bonds is 3.